The number of ether oxygens (including phenoxy) is 1. The van der Waals surface area contributed by atoms with E-state index in [2.05, 4.69) is 26.1 Å². The Morgan fingerprint density at radius 1 is 1.31 bits per heavy atom. The molecule has 2 saturated carbocycles. The van der Waals surface area contributed by atoms with Crippen molar-refractivity contribution in [3.63, 3.8) is 0 Å². The summed E-state index contributed by atoms with van der Waals surface area (Å²) in [7, 11) is 1.87. The molecule has 3 unspecified atom stereocenters. The van der Waals surface area contributed by atoms with Gasteiger partial charge >= 0.3 is 0 Å². The molecule has 0 heterocycles. The molecule has 0 aromatic heterocycles. The molecule has 0 amide bonds. The van der Waals surface area contributed by atoms with E-state index < -0.39 is 0 Å². The van der Waals surface area contributed by atoms with E-state index in [0.29, 0.717) is 11.5 Å². The maximum atomic E-state index is 5.54. The molecule has 2 rings (SSSR count). The van der Waals surface area contributed by atoms with Crippen molar-refractivity contribution in [1.82, 2.24) is 5.32 Å². The fourth-order valence-corrected chi connectivity index (χ4v) is 3.25. The summed E-state index contributed by atoms with van der Waals surface area (Å²) in [4.78, 5) is 0. The van der Waals surface area contributed by atoms with Gasteiger partial charge in [-0.1, -0.05) is 6.42 Å². The van der Waals surface area contributed by atoms with Crippen LogP contribution in [0.1, 0.15) is 52.9 Å². The Morgan fingerprint density at radius 3 is 2.69 bits per heavy atom. The van der Waals surface area contributed by atoms with Crippen molar-refractivity contribution in [2.45, 2.75) is 64.5 Å². The highest BCUT2D eigenvalue weighted by molar-refractivity contribution is 5.06. The van der Waals surface area contributed by atoms with Crippen LogP contribution in [0.2, 0.25) is 0 Å². The second-order valence-electron chi connectivity index (χ2n) is 6.85. The molecule has 3 atom stereocenters. The van der Waals surface area contributed by atoms with Gasteiger partial charge in [0, 0.05) is 12.6 Å². The van der Waals surface area contributed by atoms with E-state index in [1.165, 1.54) is 38.6 Å². The molecule has 2 aliphatic rings. The zero-order chi connectivity index (χ0) is 11.8. The molecule has 2 nitrogen and oxygen atoms in total. The molecular weight excluding hydrogens is 198 g/mol. The number of nitrogens with one attached hydrogen (secondary N) is 1. The standard InChI is InChI=1S/C14H27NO/c1-13(2,3)15-10-11-8-14(11)7-5-6-12(9-14)16-4/h11-12,15H,5-10H2,1-4H3. The first-order valence-corrected chi connectivity index (χ1v) is 6.73. The highest BCUT2D eigenvalue weighted by atomic mass is 16.5. The van der Waals surface area contributed by atoms with Crippen LogP contribution < -0.4 is 5.32 Å². The second kappa shape index (κ2) is 4.30. The molecule has 0 radical (unpaired) electrons. The Labute approximate surface area is 100 Å². The van der Waals surface area contributed by atoms with E-state index in [1.54, 1.807) is 0 Å². The van der Waals surface area contributed by atoms with Crippen LogP contribution in [0.4, 0.5) is 0 Å². The highest BCUT2D eigenvalue weighted by Crippen LogP contribution is 2.61. The minimum Gasteiger partial charge on any atom is -0.381 e. The Kier molecular flexibility index (Phi) is 3.33. The Bertz CT molecular complexity index is 246. The summed E-state index contributed by atoms with van der Waals surface area (Å²) in [5, 5.41) is 3.65. The summed E-state index contributed by atoms with van der Waals surface area (Å²) in [6.07, 6.45) is 7.34. The van der Waals surface area contributed by atoms with Crippen LogP contribution in [-0.4, -0.2) is 25.3 Å². The van der Waals surface area contributed by atoms with Crippen LogP contribution in [0.3, 0.4) is 0 Å². The number of methoxy groups -OCH3 is 1. The largest absolute Gasteiger partial charge is 0.381 e. The fourth-order valence-electron chi connectivity index (χ4n) is 3.25. The third-order valence-corrected chi connectivity index (χ3v) is 4.41. The molecule has 94 valence electrons. The lowest BCUT2D eigenvalue weighted by Gasteiger charge is -2.30. The third kappa shape index (κ3) is 2.78. The van der Waals surface area contributed by atoms with Crippen LogP contribution in [0, 0.1) is 11.3 Å². The van der Waals surface area contributed by atoms with Crippen LogP contribution in [0.15, 0.2) is 0 Å². The van der Waals surface area contributed by atoms with Gasteiger partial charge in [0.2, 0.25) is 0 Å². The average molecular weight is 225 g/mol. The summed E-state index contributed by atoms with van der Waals surface area (Å²) in [5.41, 5.74) is 0.913. The first kappa shape index (κ1) is 12.4. The summed E-state index contributed by atoms with van der Waals surface area (Å²) in [5.74, 6) is 0.907. The van der Waals surface area contributed by atoms with Crippen molar-refractivity contribution in [2.24, 2.45) is 11.3 Å². The van der Waals surface area contributed by atoms with E-state index in [-0.39, 0.29) is 5.54 Å². The van der Waals surface area contributed by atoms with Gasteiger partial charge in [-0.25, -0.2) is 0 Å². The van der Waals surface area contributed by atoms with E-state index in [0.717, 1.165) is 5.92 Å². The predicted octanol–water partition coefficient (Wildman–Crippen LogP) is 2.97. The second-order valence-corrected chi connectivity index (χ2v) is 6.85. The van der Waals surface area contributed by atoms with E-state index in [9.17, 15) is 0 Å². The fraction of sp³-hybridized carbons (Fsp3) is 1.00. The van der Waals surface area contributed by atoms with Crippen molar-refractivity contribution < 1.29 is 4.74 Å². The van der Waals surface area contributed by atoms with E-state index >= 15 is 0 Å². The Hall–Kier alpha value is -0.0800. The first-order chi connectivity index (χ1) is 7.45. The molecule has 0 aliphatic heterocycles. The molecule has 0 aromatic rings. The van der Waals surface area contributed by atoms with Gasteiger partial charge in [-0.15, -0.1) is 0 Å². The minimum absolute atomic E-state index is 0.263. The van der Waals surface area contributed by atoms with Gasteiger partial charge in [0.1, 0.15) is 0 Å². The van der Waals surface area contributed by atoms with Crippen molar-refractivity contribution >= 4 is 0 Å². The van der Waals surface area contributed by atoms with Crippen molar-refractivity contribution in [2.75, 3.05) is 13.7 Å². The van der Waals surface area contributed by atoms with Gasteiger partial charge in [-0.3, -0.25) is 0 Å². The average Bonchev–Trinajstić information content (AvgIpc) is 2.87. The monoisotopic (exact) mass is 225 g/mol. The molecule has 1 N–H and O–H groups in total. The van der Waals surface area contributed by atoms with Crippen LogP contribution >= 0.6 is 0 Å². The first-order valence-electron chi connectivity index (χ1n) is 6.73. The van der Waals surface area contributed by atoms with Gasteiger partial charge in [0.05, 0.1) is 6.10 Å². The molecule has 0 aromatic carbocycles. The molecule has 1 spiro atoms. The van der Waals surface area contributed by atoms with Crippen molar-refractivity contribution in [1.29, 1.82) is 0 Å². The van der Waals surface area contributed by atoms with Crippen LogP contribution in [-0.2, 0) is 4.74 Å². The smallest absolute Gasteiger partial charge is 0.0576 e. The summed E-state index contributed by atoms with van der Waals surface area (Å²) in [6.45, 7) is 7.95. The topological polar surface area (TPSA) is 21.3 Å². The normalized spacial score (nSPS) is 39.0. The molecule has 2 aliphatic carbocycles. The highest BCUT2D eigenvalue weighted by Gasteiger charge is 2.55. The number of rotatable bonds is 3. The molecule has 0 bridgehead atoms. The molecule has 2 fully saturated rings. The van der Waals surface area contributed by atoms with Crippen molar-refractivity contribution in [3.8, 4) is 0 Å². The molecule has 16 heavy (non-hydrogen) atoms. The lowest BCUT2D eigenvalue weighted by atomic mass is 9.82. The SMILES string of the molecule is COC1CCCC2(C1)CC2CNC(C)(C)C. The Morgan fingerprint density at radius 2 is 2.06 bits per heavy atom. The Balaban J connectivity index is 1.80. The van der Waals surface area contributed by atoms with Crippen LogP contribution in [0.25, 0.3) is 0 Å². The number of hydrogen-bond acceptors (Lipinski definition) is 2. The summed E-state index contributed by atoms with van der Waals surface area (Å²) >= 11 is 0. The van der Waals surface area contributed by atoms with E-state index in [1.807, 2.05) is 7.11 Å². The van der Waals surface area contributed by atoms with Gasteiger partial charge in [0.15, 0.2) is 0 Å². The maximum absolute atomic E-state index is 5.54. The molecule has 2 heteroatoms. The summed E-state index contributed by atoms with van der Waals surface area (Å²) in [6, 6.07) is 0. The zero-order valence-electron chi connectivity index (χ0n) is 11.3. The van der Waals surface area contributed by atoms with Crippen LogP contribution in [0.5, 0.6) is 0 Å². The minimum atomic E-state index is 0.263. The number of hydrogen-bond donors (Lipinski definition) is 1. The van der Waals surface area contributed by atoms with Gasteiger partial charge in [-0.05, 0) is 64.3 Å². The zero-order valence-corrected chi connectivity index (χ0v) is 11.3. The molecular formula is C14H27NO. The lowest BCUT2D eigenvalue weighted by molar-refractivity contribution is 0.0402. The maximum Gasteiger partial charge on any atom is 0.0576 e. The summed E-state index contributed by atoms with van der Waals surface area (Å²) < 4.78 is 5.54. The predicted molar refractivity (Wildman–Crippen MR) is 67.6 cm³/mol. The van der Waals surface area contributed by atoms with Gasteiger partial charge in [0.25, 0.3) is 0 Å². The third-order valence-electron chi connectivity index (χ3n) is 4.41. The molecule has 0 saturated heterocycles. The van der Waals surface area contributed by atoms with E-state index in [4.69, 9.17) is 4.74 Å². The lowest BCUT2D eigenvalue weighted by Crippen LogP contribution is -2.38. The van der Waals surface area contributed by atoms with Gasteiger partial charge < -0.3 is 10.1 Å². The van der Waals surface area contributed by atoms with Crippen molar-refractivity contribution in [3.05, 3.63) is 0 Å². The van der Waals surface area contributed by atoms with Gasteiger partial charge in [-0.2, -0.15) is 0 Å². The quantitative estimate of drug-likeness (QED) is 0.797.